The molecule has 2 aromatic heterocycles. The first-order valence-electron chi connectivity index (χ1n) is 7.21. The van der Waals surface area contributed by atoms with Crippen molar-refractivity contribution in [3.63, 3.8) is 0 Å². The van der Waals surface area contributed by atoms with Crippen LogP contribution in [0.2, 0.25) is 0 Å². The Morgan fingerprint density at radius 3 is 2.88 bits per heavy atom. The predicted octanol–water partition coefficient (Wildman–Crippen LogP) is 3.13. The summed E-state index contributed by atoms with van der Waals surface area (Å²) in [7, 11) is 1.71. The Hall–Kier alpha value is -2.48. The van der Waals surface area contributed by atoms with Gasteiger partial charge in [-0.1, -0.05) is 12.1 Å². The number of nitrogens with zero attached hydrogens (tertiary/aromatic N) is 4. The van der Waals surface area contributed by atoms with Crippen LogP contribution in [0.1, 0.15) is 21.7 Å². The maximum Gasteiger partial charge on any atom is 0.275 e. The molecule has 0 atom stereocenters. The Morgan fingerprint density at radius 2 is 2.21 bits per heavy atom. The van der Waals surface area contributed by atoms with Gasteiger partial charge in [0.2, 0.25) is 0 Å². The van der Waals surface area contributed by atoms with Crippen molar-refractivity contribution in [2.75, 3.05) is 5.32 Å². The summed E-state index contributed by atoms with van der Waals surface area (Å²) < 4.78 is 17.0. The Labute approximate surface area is 146 Å². The molecule has 24 heavy (non-hydrogen) atoms. The number of carbonyl (C=O) groups excluding carboxylic acids is 1. The van der Waals surface area contributed by atoms with E-state index in [2.05, 4.69) is 31.4 Å². The number of anilines is 1. The number of hydrogen-bond donors (Lipinski definition) is 1. The lowest BCUT2D eigenvalue weighted by Crippen LogP contribution is -2.16. The first kappa shape index (κ1) is 16.4. The maximum atomic E-state index is 13.2. The van der Waals surface area contributed by atoms with Crippen LogP contribution < -0.4 is 5.32 Å². The van der Waals surface area contributed by atoms with Gasteiger partial charge in [0.1, 0.15) is 11.5 Å². The fourth-order valence-electron chi connectivity index (χ4n) is 2.41. The molecule has 0 saturated heterocycles. The van der Waals surface area contributed by atoms with Gasteiger partial charge in [-0.15, -0.1) is 0 Å². The second-order valence-corrected chi connectivity index (χ2v) is 6.18. The predicted molar refractivity (Wildman–Crippen MR) is 91.3 cm³/mol. The minimum absolute atomic E-state index is 0.282. The third-order valence-electron chi connectivity index (χ3n) is 3.49. The van der Waals surface area contributed by atoms with Crippen molar-refractivity contribution in [1.29, 1.82) is 0 Å². The number of aromatic nitrogens is 4. The molecule has 3 aromatic rings. The van der Waals surface area contributed by atoms with Gasteiger partial charge in [0.05, 0.1) is 28.6 Å². The molecule has 0 spiro atoms. The first-order chi connectivity index (χ1) is 11.4. The lowest BCUT2D eigenvalue weighted by Gasteiger charge is -2.04. The van der Waals surface area contributed by atoms with Crippen LogP contribution in [0.3, 0.4) is 0 Å². The molecule has 6 nitrogen and oxygen atoms in total. The second kappa shape index (κ2) is 6.56. The third-order valence-corrected chi connectivity index (χ3v) is 4.44. The smallest absolute Gasteiger partial charge is 0.275 e. The highest BCUT2D eigenvalue weighted by molar-refractivity contribution is 9.10. The second-order valence-electron chi connectivity index (χ2n) is 5.38. The topological polar surface area (TPSA) is 64.7 Å². The number of carbonyl (C=O) groups is 1. The van der Waals surface area contributed by atoms with Crippen LogP contribution in [0, 0.1) is 12.7 Å². The fraction of sp³-hybridized carbons (Fsp3) is 0.188. The lowest BCUT2D eigenvalue weighted by atomic mass is 10.2. The van der Waals surface area contributed by atoms with E-state index in [1.54, 1.807) is 30.2 Å². The van der Waals surface area contributed by atoms with E-state index in [-0.39, 0.29) is 11.7 Å². The van der Waals surface area contributed by atoms with Crippen molar-refractivity contribution in [3.05, 3.63) is 63.9 Å². The molecule has 0 unspecified atom stereocenters. The molecule has 124 valence electrons. The molecular weight excluding hydrogens is 377 g/mol. The first-order valence-corrected chi connectivity index (χ1v) is 8.00. The molecule has 8 heteroatoms. The fourth-order valence-corrected chi connectivity index (χ4v) is 2.92. The number of halogens is 2. The highest BCUT2D eigenvalue weighted by Crippen LogP contribution is 2.21. The molecule has 0 aliphatic heterocycles. The highest BCUT2D eigenvalue weighted by Gasteiger charge is 2.18. The zero-order chi connectivity index (χ0) is 17.3. The van der Waals surface area contributed by atoms with Crippen molar-refractivity contribution < 1.29 is 9.18 Å². The lowest BCUT2D eigenvalue weighted by molar-refractivity contribution is 0.101. The van der Waals surface area contributed by atoms with Gasteiger partial charge in [0.25, 0.3) is 5.91 Å². The quantitative estimate of drug-likeness (QED) is 0.742. The molecule has 2 heterocycles. The molecule has 0 saturated carbocycles. The summed E-state index contributed by atoms with van der Waals surface area (Å²) in [6.45, 7) is 2.24. The monoisotopic (exact) mass is 391 g/mol. The van der Waals surface area contributed by atoms with Gasteiger partial charge in [0, 0.05) is 13.2 Å². The van der Waals surface area contributed by atoms with Crippen LogP contribution in [0.25, 0.3) is 0 Å². The molecular formula is C16H15BrFN5O. The van der Waals surface area contributed by atoms with Gasteiger partial charge in [0.15, 0.2) is 0 Å². The standard InChI is InChI=1S/C16H15BrFN5O/c1-10-14(17)15(22(2)21-10)16(24)20-13-7-19-23(9-13)8-11-4-3-5-12(18)6-11/h3-7,9H,8H2,1-2H3,(H,20,24). The summed E-state index contributed by atoms with van der Waals surface area (Å²) in [6.07, 6.45) is 3.24. The average molecular weight is 392 g/mol. The number of aryl methyl sites for hydroxylation is 2. The number of rotatable bonds is 4. The van der Waals surface area contributed by atoms with Crippen LogP contribution in [-0.4, -0.2) is 25.5 Å². The molecule has 1 amide bonds. The van der Waals surface area contributed by atoms with Gasteiger partial charge < -0.3 is 5.32 Å². The van der Waals surface area contributed by atoms with Crippen LogP contribution in [0.4, 0.5) is 10.1 Å². The molecule has 1 aromatic carbocycles. The van der Waals surface area contributed by atoms with E-state index in [4.69, 9.17) is 0 Å². The van der Waals surface area contributed by atoms with Gasteiger partial charge in [-0.3, -0.25) is 14.2 Å². The van der Waals surface area contributed by atoms with Crippen LogP contribution >= 0.6 is 15.9 Å². The summed E-state index contributed by atoms with van der Waals surface area (Å²) in [5.74, 6) is -0.570. The third kappa shape index (κ3) is 3.38. The average Bonchev–Trinajstić information content (AvgIpc) is 3.04. The molecule has 0 bridgehead atoms. The Kier molecular flexibility index (Phi) is 4.48. The minimum Gasteiger partial charge on any atom is -0.318 e. The summed E-state index contributed by atoms with van der Waals surface area (Å²) in [6, 6.07) is 6.32. The van der Waals surface area contributed by atoms with Crippen molar-refractivity contribution in [3.8, 4) is 0 Å². The van der Waals surface area contributed by atoms with Crippen LogP contribution in [-0.2, 0) is 13.6 Å². The summed E-state index contributed by atoms with van der Waals surface area (Å²) in [4.78, 5) is 12.4. The summed E-state index contributed by atoms with van der Waals surface area (Å²) >= 11 is 3.37. The number of amides is 1. The zero-order valence-corrected chi connectivity index (χ0v) is 14.7. The summed E-state index contributed by atoms with van der Waals surface area (Å²) in [5.41, 5.74) is 2.53. The van der Waals surface area contributed by atoms with Gasteiger partial charge in [-0.2, -0.15) is 10.2 Å². The Bertz CT molecular complexity index is 902. The Balaban J connectivity index is 1.73. The van der Waals surface area contributed by atoms with Crippen molar-refractivity contribution in [1.82, 2.24) is 19.6 Å². The molecule has 0 radical (unpaired) electrons. The zero-order valence-electron chi connectivity index (χ0n) is 13.1. The van der Waals surface area contributed by atoms with E-state index in [1.165, 1.54) is 16.8 Å². The van der Waals surface area contributed by atoms with Crippen molar-refractivity contribution >= 4 is 27.5 Å². The van der Waals surface area contributed by atoms with Gasteiger partial charge in [-0.05, 0) is 40.5 Å². The molecule has 0 aliphatic rings. The normalized spacial score (nSPS) is 10.8. The van der Waals surface area contributed by atoms with E-state index in [1.807, 2.05) is 13.0 Å². The van der Waals surface area contributed by atoms with Gasteiger partial charge in [-0.25, -0.2) is 4.39 Å². The Morgan fingerprint density at radius 1 is 1.42 bits per heavy atom. The van der Waals surface area contributed by atoms with E-state index >= 15 is 0 Å². The van der Waals surface area contributed by atoms with Crippen LogP contribution in [0.15, 0.2) is 41.1 Å². The molecule has 3 rings (SSSR count). The van der Waals surface area contributed by atoms with E-state index in [0.717, 1.165) is 11.3 Å². The van der Waals surface area contributed by atoms with E-state index < -0.39 is 0 Å². The summed E-state index contributed by atoms with van der Waals surface area (Å²) in [5, 5.41) is 11.2. The molecule has 0 fully saturated rings. The largest absolute Gasteiger partial charge is 0.318 e. The van der Waals surface area contributed by atoms with Crippen LogP contribution in [0.5, 0.6) is 0 Å². The number of hydrogen-bond acceptors (Lipinski definition) is 3. The van der Waals surface area contributed by atoms with Gasteiger partial charge >= 0.3 is 0 Å². The minimum atomic E-state index is -0.287. The maximum absolute atomic E-state index is 13.2. The van der Waals surface area contributed by atoms with Crippen molar-refractivity contribution in [2.45, 2.75) is 13.5 Å². The number of nitrogens with one attached hydrogen (secondary N) is 1. The SMILES string of the molecule is Cc1nn(C)c(C(=O)Nc2cnn(Cc3cccc(F)c3)c2)c1Br. The molecule has 0 aliphatic carbocycles. The molecule has 1 N–H and O–H groups in total. The highest BCUT2D eigenvalue weighted by atomic mass is 79.9. The van der Waals surface area contributed by atoms with E-state index in [0.29, 0.717) is 22.4 Å². The van der Waals surface area contributed by atoms with E-state index in [9.17, 15) is 9.18 Å². The van der Waals surface area contributed by atoms with Crippen molar-refractivity contribution in [2.24, 2.45) is 7.05 Å². The number of benzene rings is 1.